The molecule has 0 bridgehead atoms. The molecule has 0 amide bonds. The van der Waals surface area contributed by atoms with Crippen molar-refractivity contribution in [3.63, 3.8) is 0 Å². The Morgan fingerprint density at radius 1 is 0.621 bits per heavy atom. The Kier molecular flexibility index (Phi) is 4.60. The molecular weight excluding hydrogens is 350 g/mol. The molecule has 0 unspecified atom stereocenters. The third-order valence-electron chi connectivity index (χ3n) is 5.30. The zero-order chi connectivity index (χ0) is 19.5. The summed E-state index contributed by atoms with van der Waals surface area (Å²) in [7, 11) is 0. The van der Waals surface area contributed by atoms with E-state index in [1.807, 2.05) is 12.3 Å². The number of hydrogen-bond acceptors (Lipinski definition) is 0. The van der Waals surface area contributed by atoms with Crippen LogP contribution in [0.1, 0.15) is 22.3 Å². The van der Waals surface area contributed by atoms with Gasteiger partial charge in [-0.25, -0.2) is 0 Å². The molecule has 1 heterocycles. The topological polar surface area (TPSA) is 15.8 Å². The first-order valence-electron chi connectivity index (χ1n) is 9.95. The molecule has 138 valence electrons. The molecule has 1 aromatic heterocycles. The van der Waals surface area contributed by atoms with E-state index in [9.17, 15) is 0 Å². The van der Waals surface area contributed by atoms with Crippen molar-refractivity contribution in [3.05, 3.63) is 119 Å². The smallest absolute Gasteiger partial charge is 0.0454 e. The van der Waals surface area contributed by atoms with Crippen molar-refractivity contribution in [1.82, 2.24) is 4.98 Å². The van der Waals surface area contributed by atoms with Crippen LogP contribution in [0.3, 0.4) is 0 Å². The van der Waals surface area contributed by atoms with E-state index in [4.69, 9.17) is 0 Å². The maximum Gasteiger partial charge on any atom is 0.0454 e. The molecule has 0 radical (unpaired) electrons. The lowest BCUT2D eigenvalue weighted by molar-refractivity contribution is 1.21. The van der Waals surface area contributed by atoms with Crippen LogP contribution in [-0.4, -0.2) is 4.98 Å². The minimum absolute atomic E-state index is 0.778. The van der Waals surface area contributed by atoms with Gasteiger partial charge < -0.3 is 4.98 Å². The normalized spacial score (nSPS) is 10.8. The minimum Gasteiger partial charge on any atom is -0.361 e. The second-order valence-electron chi connectivity index (χ2n) is 7.44. The van der Waals surface area contributed by atoms with Gasteiger partial charge in [-0.15, -0.1) is 0 Å². The van der Waals surface area contributed by atoms with Gasteiger partial charge >= 0.3 is 0 Å². The molecule has 1 heteroatoms. The predicted octanol–water partition coefficient (Wildman–Crippen LogP) is 6.51. The standard InChI is InChI=1S/C28H21N/c1-2-5-21(6-3-1)7-4-8-22-9-12-25-13-10-23(20-27(25)18-22)17-24-11-14-28-26(19-24)15-16-29-28/h1-3,5-6,9-16,18-20,29H,7,17H2. The average molecular weight is 371 g/mol. The van der Waals surface area contributed by atoms with Gasteiger partial charge in [-0.1, -0.05) is 72.5 Å². The summed E-state index contributed by atoms with van der Waals surface area (Å²) >= 11 is 0. The zero-order valence-electron chi connectivity index (χ0n) is 16.2. The fourth-order valence-electron chi connectivity index (χ4n) is 3.78. The fraction of sp³-hybridized carbons (Fsp3) is 0.0714. The molecule has 5 aromatic rings. The first kappa shape index (κ1) is 17.3. The molecule has 4 aromatic carbocycles. The van der Waals surface area contributed by atoms with Gasteiger partial charge in [-0.05, 0) is 69.6 Å². The maximum atomic E-state index is 3.32. The summed E-state index contributed by atoms with van der Waals surface area (Å²) in [4.78, 5) is 3.26. The number of rotatable bonds is 3. The third kappa shape index (κ3) is 3.93. The zero-order valence-corrected chi connectivity index (χ0v) is 16.2. The van der Waals surface area contributed by atoms with E-state index in [1.54, 1.807) is 0 Å². The van der Waals surface area contributed by atoms with E-state index in [-0.39, 0.29) is 0 Å². The molecular formula is C28H21N. The summed E-state index contributed by atoms with van der Waals surface area (Å²) in [6.07, 6.45) is 3.70. The third-order valence-corrected chi connectivity index (χ3v) is 5.30. The molecule has 1 N–H and O–H groups in total. The van der Waals surface area contributed by atoms with Gasteiger partial charge in [0.15, 0.2) is 0 Å². The number of fused-ring (bicyclic) bond motifs is 2. The van der Waals surface area contributed by atoms with Gasteiger partial charge in [0, 0.05) is 23.7 Å². The average Bonchev–Trinajstić information content (AvgIpc) is 3.22. The maximum absolute atomic E-state index is 3.32. The summed E-state index contributed by atoms with van der Waals surface area (Å²) in [5.41, 5.74) is 6.16. The van der Waals surface area contributed by atoms with Gasteiger partial charge in [0.2, 0.25) is 0 Å². The summed E-state index contributed by atoms with van der Waals surface area (Å²) in [5, 5.41) is 3.76. The van der Waals surface area contributed by atoms with Crippen LogP contribution >= 0.6 is 0 Å². The molecule has 0 saturated carbocycles. The highest BCUT2D eigenvalue weighted by atomic mass is 14.7. The van der Waals surface area contributed by atoms with E-state index >= 15 is 0 Å². The first-order chi connectivity index (χ1) is 14.3. The summed E-state index contributed by atoms with van der Waals surface area (Å²) in [6, 6.07) is 32.3. The summed E-state index contributed by atoms with van der Waals surface area (Å²) in [6.45, 7) is 0. The van der Waals surface area contributed by atoms with Crippen LogP contribution in [0, 0.1) is 11.8 Å². The highest BCUT2D eigenvalue weighted by molar-refractivity contribution is 5.85. The second-order valence-corrected chi connectivity index (χ2v) is 7.44. The number of aromatic amines is 1. The summed E-state index contributed by atoms with van der Waals surface area (Å²) < 4.78 is 0. The van der Waals surface area contributed by atoms with Crippen LogP contribution in [0.15, 0.2) is 97.2 Å². The molecule has 0 spiro atoms. The Balaban J connectivity index is 1.39. The number of nitrogens with one attached hydrogen (secondary N) is 1. The van der Waals surface area contributed by atoms with Crippen molar-refractivity contribution in [2.45, 2.75) is 12.8 Å². The van der Waals surface area contributed by atoms with E-state index in [1.165, 1.54) is 38.4 Å². The van der Waals surface area contributed by atoms with Gasteiger partial charge in [-0.2, -0.15) is 0 Å². The Morgan fingerprint density at radius 3 is 2.31 bits per heavy atom. The highest BCUT2D eigenvalue weighted by Crippen LogP contribution is 2.21. The van der Waals surface area contributed by atoms with Gasteiger partial charge in [0.1, 0.15) is 0 Å². The van der Waals surface area contributed by atoms with E-state index in [0.717, 1.165) is 18.4 Å². The van der Waals surface area contributed by atoms with Crippen LogP contribution in [-0.2, 0) is 12.8 Å². The fourth-order valence-corrected chi connectivity index (χ4v) is 3.78. The SMILES string of the molecule is C(#Cc1ccc2ccc(Cc3ccc4[nH]ccc4c3)cc2c1)Cc1ccccc1. The van der Waals surface area contributed by atoms with Crippen LogP contribution < -0.4 is 0 Å². The van der Waals surface area contributed by atoms with Crippen LogP contribution in [0.25, 0.3) is 21.7 Å². The van der Waals surface area contributed by atoms with Crippen molar-refractivity contribution in [2.75, 3.05) is 0 Å². The number of hydrogen-bond donors (Lipinski definition) is 1. The van der Waals surface area contributed by atoms with Crippen molar-refractivity contribution < 1.29 is 0 Å². The quantitative estimate of drug-likeness (QED) is 0.348. The predicted molar refractivity (Wildman–Crippen MR) is 122 cm³/mol. The lowest BCUT2D eigenvalue weighted by Gasteiger charge is -2.06. The van der Waals surface area contributed by atoms with Crippen molar-refractivity contribution >= 4 is 21.7 Å². The highest BCUT2D eigenvalue weighted by Gasteiger charge is 2.02. The molecule has 0 aliphatic heterocycles. The molecule has 0 fully saturated rings. The molecule has 1 nitrogen and oxygen atoms in total. The number of aromatic nitrogens is 1. The molecule has 29 heavy (non-hydrogen) atoms. The second kappa shape index (κ2) is 7.70. The summed E-state index contributed by atoms with van der Waals surface area (Å²) in [5.74, 6) is 6.62. The monoisotopic (exact) mass is 371 g/mol. The van der Waals surface area contributed by atoms with Crippen LogP contribution in [0.2, 0.25) is 0 Å². The lowest BCUT2D eigenvalue weighted by atomic mass is 9.99. The van der Waals surface area contributed by atoms with Gasteiger partial charge in [0.25, 0.3) is 0 Å². The minimum atomic E-state index is 0.778. The van der Waals surface area contributed by atoms with Crippen molar-refractivity contribution in [3.8, 4) is 11.8 Å². The molecule has 0 saturated heterocycles. The Labute approximate surface area is 171 Å². The Hall–Kier alpha value is -3.76. The number of H-pyrrole nitrogens is 1. The molecule has 0 aliphatic carbocycles. The molecule has 0 aliphatic rings. The van der Waals surface area contributed by atoms with Crippen molar-refractivity contribution in [2.24, 2.45) is 0 Å². The number of benzene rings is 4. The van der Waals surface area contributed by atoms with E-state index in [0.29, 0.717) is 0 Å². The van der Waals surface area contributed by atoms with Crippen LogP contribution in [0.4, 0.5) is 0 Å². The molecule has 0 atom stereocenters. The Bertz CT molecular complexity index is 1350. The lowest BCUT2D eigenvalue weighted by Crippen LogP contribution is -1.89. The van der Waals surface area contributed by atoms with Gasteiger partial charge in [-0.3, -0.25) is 0 Å². The first-order valence-corrected chi connectivity index (χ1v) is 9.95. The van der Waals surface area contributed by atoms with E-state index < -0.39 is 0 Å². The van der Waals surface area contributed by atoms with Crippen LogP contribution in [0.5, 0.6) is 0 Å². The molecule has 5 rings (SSSR count). The van der Waals surface area contributed by atoms with Gasteiger partial charge in [0.05, 0.1) is 0 Å². The van der Waals surface area contributed by atoms with Crippen molar-refractivity contribution in [1.29, 1.82) is 0 Å². The van der Waals surface area contributed by atoms with E-state index in [2.05, 4.69) is 102 Å². The largest absolute Gasteiger partial charge is 0.361 e. The Morgan fingerprint density at radius 2 is 1.41 bits per heavy atom.